The zero-order chi connectivity index (χ0) is 13.2. The number of aromatic amines is 1. The molecule has 0 unspecified atom stereocenters. The number of halogens is 1. The van der Waals surface area contributed by atoms with Crippen LogP contribution in [0.15, 0.2) is 53.0 Å². The summed E-state index contributed by atoms with van der Waals surface area (Å²) in [4.78, 5) is 4.49. The number of nitrogens with zero attached hydrogens (tertiary/aromatic N) is 2. The van der Waals surface area contributed by atoms with Crippen molar-refractivity contribution < 1.29 is 0 Å². The van der Waals surface area contributed by atoms with Crippen molar-refractivity contribution in [2.45, 2.75) is 0 Å². The van der Waals surface area contributed by atoms with Crippen LogP contribution in [0, 0.1) is 0 Å². The quantitative estimate of drug-likeness (QED) is 0.711. The van der Waals surface area contributed by atoms with Gasteiger partial charge in [0.15, 0.2) is 11.6 Å². The number of rotatable bonds is 2. The molecule has 0 aliphatic carbocycles. The molecule has 4 nitrogen and oxygen atoms in total. The topological polar surface area (TPSA) is 67.6 Å². The third-order valence-electron chi connectivity index (χ3n) is 2.78. The van der Waals surface area contributed by atoms with Crippen LogP contribution in [0.4, 0.5) is 5.69 Å². The highest BCUT2D eigenvalue weighted by Gasteiger charge is 2.09. The van der Waals surface area contributed by atoms with Crippen LogP contribution in [0.1, 0.15) is 0 Å². The van der Waals surface area contributed by atoms with Gasteiger partial charge >= 0.3 is 0 Å². The number of anilines is 1. The number of nitrogens with two attached hydrogens (primary N) is 1. The lowest BCUT2D eigenvalue weighted by Crippen LogP contribution is -1.90. The van der Waals surface area contributed by atoms with Crippen molar-refractivity contribution >= 4 is 21.6 Å². The maximum Gasteiger partial charge on any atom is 0.181 e. The summed E-state index contributed by atoms with van der Waals surface area (Å²) in [5.41, 5.74) is 8.42. The molecule has 19 heavy (non-hydrogen) atoms. The van der Waals surface area contributed by atoms with Crippen molar-refractivity contribution in [2.24, 2.45) is 0 Å². The Labute approximate surface area is 118 Å². The number of H-pyrrole nitrogens is 1. The van der Waals surface area contributed by atoms with Crippen molar-refractivity contribution in [3.63, 3.8) is 0 Å². The molecule has 0 saturated heterocycles. The molecule has 1 heterocycles. The van der Waals surface area contributed by atoms with Gasteiger partial charge in [-0.1, -0.05) is 40.2 Å². The van der Waals surface area contributed by atoms with Gasteiger partial charge in [-0.3, -0.25) is 5.10 Å². The molecule has 3 rings (SSSR count). The third kappa shape index (κ3) is 2.37. The van der Waals surface area contributed by atoms with E-state index >= 15 is 0 Å². The fraction of sp³-hybridized carbons (Fsp3) is 0. The number of nitrogen functional groups attached to an aromatic ring is 1. The minimum absolute atomic E-state index is 0.652. The zero-order valence-corrected chi connectivity index (χ0v) is 11.6. The first-order valence-electron chi connectivity index (χ1n) is 5.77. The van der Waals surface area contributed by atoms with Crippen molar-refractivity contribution in [1.29, 1.82) is 0 Å². The van der Waals surface area contributed by atoms with Gasteiger partial charge in [0.25, 0.3) is 0 Å². The Balaban J connectivity index is 2.03. The lowest BCUT2D eigenvalue weighted by Gasteiger charge is -1.99. The Morgan fingerprint density at radius 2 is 1.89 bits per heavy atom. The van der Waals surface area contributed by atoms with Crippen LogP contribution in [0.5, 0.6) is 0 Å². The van der Waals surface area contributed by atoms with E-state index in [-0.39, 0.29) is 0 Å². The summed E-state index contributed by atoms with van der Waals surface area (Å²) in [5, 5.41) is 7.16. The van der Waals surface area contributed by atoms with E-state index in [1.165, 1.54) is 0 Å². The van der Waals surface area contributed by atoms with Crippen molar-refractivity contribution in [1.82, 2.24) is 15.2 Å². The minimum atomic E-state index is 0.652. The molecular weight excluding hydrogens is 304 g/mol. The van der Waals surface area contributed by atoms with Crippen LogP contribution in [0.25, 0.3) is 22.8 Å². The molecule has 1 aromatic heterocycles. The predicted molar refractivity (Wildman–Crippen MR) is 79.4 cm³/mol. The van der Waals surface area contributed by atoms with Crippen LogP contribution >= 0.6 is 15.9 Å². The second kappa shape index (κ2) is 4.85. The second-order valence-electron chi connectivity index (χ2n) is 4.11. The molecule has 0 aliphatic heterocycles. The first kappa shape index (κ1) is 11.9. The Morgan fingerprint density at radius 3 is 2.68 bits per heavy atom. The molecule has 2 aromatic carbocycles. The summed E-state index contributed by atoms with van der Waals surface area (Å²) in [6.07, 6.45) is 0. The zero-order valence-electron chi connectivity index (χ0n) is 9.97. The molecule has 5 heteroatoms. The van der Waals surface area contributed by atoms with Crippen LogP contribution < -0.4 is 5.73 Å². The SMILES string of the molecule is Nc1ccccc1-c1nc(-c2cccc(Br)c2)n[nH]1. The summed E-state index contributed by atoms with van der Waals surface area (Å²) >= 11 is 3.44. The molecule has 0 bridgehead atoms. The Bertz CT molecular complexity index is 721. The minimum Gasteiger partial charge on any atom is -0.398 e. The van der Waals surface area contributed by atoms with Crippen molar-refractivity contribution in [2.75, 3.05) is 5.73 Å². The summed E-state index contributed by atoms with van der Waals surface area (Å²) in [7, 11) is 0. The molecule has 3 N–H and O–H groups in total. The van der Waals surface area contributed by atoms with Crippen LogP contribution in [0.2, 0.25) is 0 Å². The number of nitrogens with one attached hydrogen (secondary N) is 1. The van der Waals surface area contributed by atoms with E-state index in [1.54, 1.807) is 0 Å². The highest BCUT2D eigenvalue weighted by molar-refractivity contribution is 9.10. The first-order chi connectivity index (χ1) is 9.24. The van der Waals surface area contributed by atoms with E-state index in [1.807, 2.05) is 48.5 Å². The van der Waals surface area contributed by atoms with Gasteiger partial charge in [0, 0.05) is 21.3 Å². The van der Waals surface area contributed by atoms with Gasteiger partial charge in [0.05, 0.1) is 0 Å². The van der Waals surface area contributed by atoms with Crippen LogP contribution in [-0.2, 0) is 0 Å². The van der Waals surface area contributed by atoms with E-state index < -0.39 is 0 Å². The van der Waals surface area contributed by atoms with Crippen molar-refractivity contribution in [3.8, 4) is 22.8 Å². The molecule has 3 aromatic rings. The van der Waals surface area contributed by atoms with Gasteiger partial charge in [-0.2, -0.15) is 5.10 Å². The lowest BCUT2D eigenvalue weighted by molar-refractivity contribution is 1.10. The molecule has 0 aliphatic rings. The standard InChI is InChI=1S/C14H11BrN4/c15-10-5-3-4-9(8-10)13-17-14(19-18-13)11-6-1-2-7-12(11)16/h1-8H,16H2,(H,17,18,19). The lowest BCUT2D eigenvalue weighted by atomic mass is 10.1. The predicted octanol–water partition coefficient (Wildman–Crippen LogP) is 3.48. The molecule has 0 spiro atoms. The van der Waals surface area contributed by atoms with Gasteiger partial charge in [-0.15, -0.1) is 0 Å². The molecule has 0 atom stereocenters. The summed E-state index contributed by atoms with van der Waals surface area (Å²) in [6.45, 7) is 0. The van der Waals surface area contributed by atoms with Gasteiger partial charge in [0.2, 0.25) is 0 Å². The number of benzene rings is 2. The largest absolute Gasteiger partial charge is 0.398 e. The highest BCUT2D eigenvalue weighted by Crippen LogP contribution is 2.25. The molecule has 0 fully saturated rings. The third-order valence-corrected chi connectivity index (χ3v) is 3.28. The van der Waals surface area contributed by atoms with Gasteiger partial charge in [-0.05, 0) is 24.3 Å². The fourth-order valence-electron chi connectivity index (χ4n) is 1.85. The Morgan fingerprint density at radius 1 is 1.05 bits per heavy atom. The van der Waals surface area contributed by atoms with E-state index in [4.69, 9.17) is 5.73 Å². The smallest absolute Gasteiger partial charge is 0.181 e. The second-order valence-corrected chi connectivity index (χ2v) is 5.02. The average Bonchev–Trinajstić information content (AvgIpc) is 2.89. The summed E-state index contributed by atoms with van der Waals surface area (Å²) in [5.74, 6) is 1.33. The monoisotopic (exact) mass is 314 g/mol. The van der Waals surface area contributed by atoms with Crippen LogP contribution in [-0.4, -0.2) is 15.2 Å². The fourth-order valence-corrected chi connectivity index (χ4v) is 2.25. The van der Waals surface area contributed by atoms with Gasteiger partial charge < -0.3 is 5.73 Å². The summed E-state index contributed by atoms with van der Waals surface area (Å²) < 4.78 is 0.996. The number of hydrogen-bond acceptors (Lipinski definition) is 3. The maximum atomic E-state index is 5.93. The molecule has 0 amide bonds. The number of aromatic nitrogens is 3. The number of para-hydroxylation sites is 1. The number of hydrogen-bond donors (Lipinski definition) is 2. The van der Waals surface area contributed by atoms with E-state index in [0.717, 1.165) is 15.6 Å². The molecule has 0 saturated carbocycles. The van der Waals surface area contributed by atoms with Gasteiger partial charge in [-0.25, -0.2) is 4.98 Å². The van der Waals surface area contributed by atoms with E-state index in [0.29, 0.717) is 17.3 Å². The van der Waals surface area contributed by atoms with Gasteiger partial charge in [0.1, 0.15) is 0 Å². The summed E-state index contributed by atoms with van der Waals surface area (Å²) in [6, 6.07) is 15.4. The Hall–Kier alpha value is -2.14. The van der Waals surface area contributed by atoms with E-state index in [2.05, 4.69) is 31.1 Å². The highest BCUT2D eigenvalue weighted by atomic mass is 79.9. The first-order valence-corrected chi connectivity index (χ1v) is 6.56. The Kier molecular flexibility index (Phi) is 3.05. The van der Waals surface area contributed by atoms with Crippen LogP contribution in [0.3, 0.4) is 0 Å². The maximum absolute atomic E-state index is 5.93. The van der Waals surface area contributed by atoms with E-state index in [9.17, 15) is 0 Å². The molecule has 94 valence electrons. The molecule has 0 radical (unpaired) electrons. The van der Waals surface area contributed by atoms with Crippen molar-refractivity contribution in [3.05, 3.63) is 53.0 Å². The normalized spacial score (nSPS) is 10.6. The molecular formula is C14H11BrN4. The average molecular weight is 315 g/mol.